The second kappa shape index (κ2) is 6.96. The molecule has 0 saturated carbocycles. The molecule has 0 spiro atoms. The molecule has 7 nitrogen and oxygen atoms in total. The van der Waals surface area contributed by atoms with Crippen molar-refractivity contribution in [2.45, 2.75) is 32.1 Å². The molecule has 2 amide bonds. The van der Waals surface area contributed by atoms with Gasteiger partial charge in [-0.2, -0.15) is 5.10 Å². The van der Waals surface area contributed by atoms with Crippen molar-refractivity contribution in [3.63, 3.8) is 0 Å². The van der Waals surface area contributed by atoms with E-state index in [1.54, 1.807) is 24.1 Å². The summed E-state index contributed by atoms with van der Waals surface area (Å²) in [6, 6.07) is 3.65. The zero-order valence-corrected chi connectivity index (χ0v) is 14.6. The second-order valence-electron chi connectivity index (χ2n) is 6.19. The Labute approximate surface area is 146 Å². The summed E-state index contributed by atoms with van der Waals surface area (Å²) in [6.07, 6.45) is 5.24. The molecule has 1 unspecified atom stereocenters. The van der Waals surface area contributed by atoms with E-state index in [4.69, 9.17) is 4.74 Å². The quantitative estimate of drug-likeness (QED) is 0.875. The molecule has 0 saturated heterocycles. The number of hydrogen-bond acceptors (Lipinski definition) is 4. The van der Waals surface area contributed by atoms with Gasteiger partial charge in [-0.1, -0.05) is 6.92 Å². The van der Waals surface area contributed by atoms with E-state index in [1.165, 1.54) is 0 Å². The van der Waals surface area contributed by atoms with E-state index >= 15 is 0 Å². The van der Waals surface area contributed by atoms with Crippen LogP contribution in [0.3, 0.4) is 0 Å². The van der Waals surface area contributed by atoms with E-state index in [2.05, 4.69) is 15.7 Å². The number of amides is 2. The minimum atomic E-state index is -0.106. The highest BCUT2D eigenvalue weighted by Crippen LogP contribution is 2.42. The van der Waals surface area contributed by atoms with Crippen molar-refractivity contribution in [1.82, 2.24) is 9.78 Å². The molecule has 0 fully saturated rings. The van der Waals surface area contributed by atoms with Crippen molar-refractivity contribution >= 4 is 23.2 Å². The van der Waals surface area contributed by atoms with Crippen LogP contribution in [0, 0.1) is 0 Å². The van der Waals surface area contributed by atoms with Crippen molar-refractivity contribution in [3.05, 3.63) is 35.7 Å². The van der Waals surface area contributed by atoms with E-state index in [-0.39, 0.29) is 17.7 Å². The summed E-state index contributed by atoms with van der Waals surface area (Å²) in [5.41, 5.74) is 3.23. The Morgan fingerprint density at radius 3 is 2.92 bits per heavy atom. The van der Waals surface area contributed by atoms with Gasteiger partial charge in [0.05, 0.1) is 19.0 Å². The number of rotatable bonds is 5. The molecule has 1 aromatic heterocycles. The maximum atomic E-state index is 12.1. The van der Waals surface area contributed by atoms with Crippen LogP contribution in [-0.4, -0.2) is 28.7 Å². The van der Waals surface area contributed by atoms with E-state index in [0.717, 1.165) is 17.5 Å². The van der Waals surface area contributed by atoms with Crippen LogP contribution < -0.4 is 15.4 Å². The molecular weight excluding hydrogens is 320 g/mol. The van der Waals surface area contributed by atoms with E-state index in [1.807, 2.05) is 26.2 Å². The van der Waals surface area contributed by atoms with Gasteiger partial charge in [0, 0.05) is 43.8 Å². The number of nitrogens with one attached hydrogen (secondary N) is 2. The fourth-order valence-electron chi connectivity index (χ4n) is 3.11. The Bertz CT molecular complexity index is 813. The Morgan fingerprint density at radius 1 is 1.48 bits per heavy atom. The average Bonchev–Trinajstić information content (AvgIpc) is 3.00. The van der Waals surface area contributed by atoms with Crippen LogP contribution in [0.2, 0.25) is 0 Å². The van der Waals surface area contributed by atoms with E-state index in [0.29, 0.717) is 30.0 Å². The number of methoxy groups -OCH3 is 1. The summed E-state index contributed by atoms with van der Waals surface area (Å²) < 4.78 is 7.11. The highest BCUT2D eigenvalue weighted by molar-refractivity contribution is 5.98. The Hall–Kier alpha value is -2.83. The lowest BCUT2D eigenvalue weighted by Crippen LogP contribution is -2.24. The lowest BCUT2D eigenvalue weighted by atomic mass is 9.86. The van der Waals surface area contributed by atoms with Crippen molar-refractivity contribution in [2.75, 3.05) is 17.7 Å². The molecule has 0 bridgehead atoms. The molecular formula is C18H22N4O3. The molecule has 132 valence electrons. The molecule has 7 heteroatoms. The number of nitrogens with zero attached hydrogens (tertiary/aromatic N) is 2. The van der Waals surface area contributed by atoms with Gasteiger partial charge in [0.1, 0.15) is 5.75 Å². The van der Waals surface area contributed by atoms with Crippen molar-refractivity contribution in [3.8, 4) is 5.75 Å². The zero-order valence-electron chi connectivity index (χ0n) is 14.6. The first kappa shape index (κ1) is 17.0. The Kier molecular flexibility index (Phi) is 4.74. The summed E-state index contributed by atoms with van der Waals surface area (Å²) in [5, 5.41) is 10.0. The summed E-state index contributed by atoms with van der Waals surface area (Å²) in [7, 11) is 3.39. The maximum absolute atomic E-state index is 12.1. The fourth-order valence-corrected chi connectivity index (χ4v) is 3.11. The third-order valence-corrected chi connectivity index (χ3v) is 4.29. The van der Waals surface area contributed by atoms with Gasteiger partial charge < -0.3 is 15.4 Å². The van der Waals surface area contributed by atoms with Crippen LogP contribution in [0.4, 0.5) is 11.4 Å². The second-order valence-corrected chi connectivity index (χ2v) is 6.19. The number of carbonyl (C=O) groups excluding carboxylic acids is 2. The first-order chi connectivity index (χ1) is 12.0. The summed E-state index contributed by atoms with van der Waals surface area (Å²) in [5.74, 6) is 0.310. The van der Waals surface area contributed by atoms with Crippen LogP contribution in [0.15, 0.2) is 24.5 Å². The highest BCUT2D eigenvalue weighted by Gasteiger charge is 2.29. The third kappa shape index (κ3) is 3.50. The highest BCUT2D eigenvalue weighted by atomic mass is 16.5. The SMILES string of the molecule is CCCC(=O)Nc1cc2c(cc1OC)NC(=O)CC2c1cnn(C)c1. The van der Waals surface area contributed by atoms with E-state index < -0.39 is 0 Å². The molecule has 1 aliphatic rings. The van der Waals surface area contributed by atoms with Crippen LogP contribution in [0.5, 0.6) is 5.75 Å². The van der Waals surface area contributed by atoms with Crippen LogP contribution in [0.25, 0.3) is 0 Å². The fraction of sp³-hybridized carbons (Fsp3) is 0.389. The minimum absolute atomic E-state index is 0.0498. The minimum Gasteiger partial charge on any atom is -0.494 e. The molecule has 1 aliphatic heterocycles. The van der Waals surface area contributed by atoms with Gasteiger partial charge in [-0.25, -0.2) is 0 Å². The number of aromatic nitrogens is 2. The van der Waals surface area contributed by atoms with Gasteiger partial charge in [0.15, 0.2) is 0 Å². The normalized spacial score (nSPS) is 16.1. The van der Waals surface area contributed by atoms with Gasteiger partial charge in [-0.05, 0) is 23.6 Å². The zero-order chi connectivity index (χ0) is 18.0. The van der Waals surface area contributed by atoms with Crippen molar-refractivity contribution < 1.29 is 14.3 Å². The first-order valence-electron chi connectivity index (χ1n) is 8.32. The van der Waals surface area contributed by atoms with Gasteiger partial charge in [0.25, 0.3) is 0 Å². The van der Waals surface area contributed by atoms with Gasteiger partial charge in [0.2, 0.25) is 11.8 Å². The monoisotopic (exact) mass is 342 g/mol. The lowest BCUT2D eigenvalue weighted by molar-refractivity contribution is -0.117. The molecule has 1 aromatic carbocycles. The average molecular weight is 342 g/mol. The molecule has 2 aromatic rings. The van der Waals surface area contributed by atoms with Crippen LogP contribution >= 0.6 is 0 Å². The number of anilines is 2. The van der Waals surface area contributed by atoms with E-state index in [9.17, 15) is 9.59 Å². The lowest BCUT2D eigenvalue weighted by Gasteiger charge is -2.26. The van der Waals surface area contributed by atoms with Gasteiger partial charge in [-0.3, -0.25) is 14.3 Å². The van der Waals surface area contributed by atoms with Crippen molar-refractivity contribution in [2.24, 2.45) is 7.05 Å². The molecule has 2 N–H and O–H groups in total. The van der Waals surface area contributed by atoms with Gasteiger partial charge in [-0.15, -0.1) is 0 Å². The Morgan fingerprint density at radius 2 is 2.28 bits per heavy atom. The third-order valence-electron chi connectivity index (χ3n) is 4.29. The smallest absolute Gasteiger partial charge is 0.225 e. The molecule has 1 atom stereocenters. The number of benzene rings is 1. The molecule has 2 heterocycles. The molecule has 25 heavy (non-hydrogen) atoms. The number of fused-ring (bicyclic) bond motifs is 1. The van der Waals surface area contributed by atoms with Crippen LogP contribution in [0.1, 0.15) is 43.2 Å². The summed E-state index contributed by atoms with van der Waals surface area (Å²) >= 11 is 0. The van der Waals surface area contributed by atoms with Crippen molar-refractivity contribution in [1.29, 1.82) is 0 Å². The summed E-state index contributed by atoms with van der Waals surface area (Å²) in [4.78, 5) is 24.1. The standard InChI is InChI=1S/C18H22N4O3/c1-4-5-17(23)21-15-6-13-12(11-9-19-22(2)10-11)7-18(24)20-14(13)8-16(15)25-3/h6,8-10,12H,4-5,7H2,1-3H3,(H,20,24)(H,21,23). The number of hydrogen-bond donors (Lipinski definition) is 2. The largest absolute Gasteiger partial charge is 0.494 e. The Balaban J connectivity index is 2.03. The number of aryl methyl sites for hydroxylation is 1. The van der Waals surface area contributed by atoms with Gasteiger partial charge >= 0.3 is 0 Å². The number of ether oxygens (including phenoxy) is 1. The molecule has 3 rings (SSSR count). The summed E-state index contributed by atoms with van der Waals surface area (Å²) in [6.45, 7) is 1.96. The predicted octanol–water partition coefficient (Wildman–Crippen LogP) is 2.64. The first-order valence-corrected chi connectivity index (χ1v) is 8.32. The molecule has 0 aliphatic carbocycles. The maximum Gasteiger partial charge on any atom is 0.225 e. The molecule has 0 radical (unpaired) electrons. The number of carbonyl (C=O) groups is 2. The topological polar surface area (TPSA) is 85.2 Å². The van der Waals surface area contributed by atoms with Crippen LogP contribution in [-0.2, 0) is 16.6 Å². The predicted molar refractivity (Wildman–Crippen MR) is 94.8 cm³/mol.